The number of benzene rings is 4. The second-order valence-corrected chi connectivity index (χ2v) is 6.22. The number of ether oxygens (including phenoxy) is 2. The summed E-state index contributed by atoms with van der Waals surface area (Å²) in [5.41, 5.74) is 2.28. The first-order chi connectivity index (χ1) is 12.8. The minimum Gasteiger partial charge on any atom is -0.496 e. The van der Waals surface area contributed by atoms with Gasteiger partial charge in [-0.05, 0) is 46.2 Å². The van der Waals surface area contributed by atoms with Gasteiger partial charge in [-0.2, -0.15) is 0 Å². The average molecular weight is 340 g/mol. The summed E-state index contributed by atoms with van der Waals surface area (Å²) in [6.07, 6.45) is 4.25. The van der Waals surface area contributed by atoms with Gasteiger partial charge in [0.1, 0.15) is 11.5 Å². The molecule has 26 heavy (non-hydrogen) atoms. The molecule has 0 spiro atoms. The van der Waals surface area contributed by atoms with Crippen LogP contribution in [0.3, 0.4) is 0 Å². The minimum absolute atomic E-state index is 0.896. The van der Waals surface area contributed by atoms with E-state index in [0.717, 1.165) is 33.4 Å². The number of fused-ring (bicyclic) bond motifs is 2. The lowest BCUT2D eigenvalue weighted by atomic mass is 10.0. The van der Waals surface area contributed by atoms with Crippen LogP contribution in [-0.2, 0) is 0 Å². The van der Waals surface area contributed by atoms with Gasteiger partial charge in [0.15, 0.2) is 0 Å². The Morgan fingerprint density at radius 2 is 1.04 bits per heavy atom. The molecule has 4 rings (SSSR count). The Balaban J connectivity index is 1.72. The highest BCUT2D eigenvalue weighted by Gasteiger charge is 2.02. The molecule has 4 aromatic rings. The Kier molecular flexibility index (Phi) is 4.32. The highest BCUT2D eigenvalue weighted by Crippen LogP contribution is 2.28. The van der Waals surface area contributed by atoms with Crippen molar-refractivity contribution in [2.75, 3.05) is 14.2 Å². The molecule has 0 atom stereocenters. The summed E-state index contributed by atoms with van der Waals surface area (Å²) < 4.78 is 11.0. The molecule has 0 saturated carbocycles. The van der Waals surface area contributed by atoms with E-state index in [0.29, 0.717) is 0 Å². The van der Waals surface area contributed by atoms with Crippen molar-refractivity contribution in [2.24, 2.45) is 0 Å². The van der Waals surface area contributed by atoms with Gasteiger partial charge in [0.25, 0.3) is 0 Å². The fourth-order valence-electron chi connectivity index (χ4n) is 3.28. The summed E-state index contributed by atoms with van der Waals surface area (Å²) in [6, 6.07) is 25.0. The monoisotopic (exact) mass is 340 g/mol. The van der Waals surface area contributed by atoms with Gasteiger partial charge in [-0.3, -0.25) is 0 Å². The van der Waals surface area contributed by atoms with Crippen molar-refractivity contribution in [1.29, 1.82) is 0 Å². The molecular formula is C24H20O2. The molecule has 0 unspecified atom stereocenters. The number of methoxy groups -OCH3 is 2. The van der Waals surface area contributed by atoms with Crippen molar-refractivity contribution in [3.05, 3.63) is 83.9 Å². The molecule has 0 fully saturated rings. The van der Waals surface area contributed by atoms with E-state index >= 15 is 0 Å². The van der Waals surface area contributed by atoms with E-state index in [1.54, 1.807) is 14.2 Å². The molecule has 0 aliphatic heterocycles. The molecule has 4 aromatic carbocycles. The molecule has 2 heteroatoms. The smallest absolute Gasteiger partial charge is 0.126 e. The first-order valence-electron chi connectivity index (χ1n) is 8.60. The second-order valence-electron chi connectivity index (χ2n) is 6.22. The average Bonchev–Trinajstić information content (AvgIpc) is 2.71. The van der Waals surface area contributed by atoms with Crippen LogP contribution in [0.2, 0.25) is 0 Å². The van der Waals surface area contributed by atoms with Crippen LogP contribution in [0, 0.1) is 0 Å². The topological polar surface area (TPSA) is 18.5 Å². The van der Waals surface area contributed by atoms with Crippen molar-refractivity contribution in [1.82, 2.24) is 0 Å². The molecule has 2 nitrogen and oxygen atoms in total. The lowest BCUT2D eigenvalue weighted by molar-refractivity contribution is 0.419. The van der Waals surface area contributed by atoms with Gasteiger partial charge in [0, 0.05) is 10.8 Å². The van der Waals surface area contributed by atoms with Crippen LogP contribution < -0.4 is 9.47 Å². The number of hydrogen-bond donors (Lipinski definition) is 0. The van der Waals surface area contributed by atoms with Crippen LogP contribution in [0.5, 0.6) is 11.5 Å². The Hall–Kier alpha value is -3.26. The van der Waals surface area contributed by atoms with E-state index < -0.39 is 0 Å². The molecule has 0 radical (unpaired) electrons. The van der Waals surface area contributed by atoms with Crippen molar-refractivity contribution in [3.63, 3.8) is 0 Å². The van der Waals surface area contributed by atoms with Crippen LogP contribution in [0.1, 0.15) is 11.1 Å². The van der Waals surface area contributed by atoms with Crippen LogP contribution in [-0.4, -0.2) is 14.2 Å². The van der Waals surface area contributed by atoms with Gasteiger partial charge in [-0.1, -0.05) is 60.7 Å². The molecule has 0 saturated heterocycles. The molecule has 0 bridgehead atoms. The van der Waals surface area contributed by atoms with Crippen molar-refractivity contribution < 1.29 is 9.47 Å². The molecule has 0 amide bonds. The van der Waals surface area contributed by atoms with Gasteiger partial charge in [-0.25, -0.2) is 0 Å². The lowest BCUT2D eigenvalue weighted by Gasteiger charge is -2.07. The van der Waals surface area contributed by atoms with E-state index in [-0.39, 0.29) is 0 Å². The van der Waals surface area contributed by atoms with E-state index in [1.807, 2.05) is 24.3 Å². The zero-order valence-corrected chi connectivity index (χ0v) is 14.9. The maximum absolute atomic E-state index is 5.48. The lowest BCUT2D eigenvalue weighted by Crippen LogP contribution is -1.85. The van der Waals surface area contributed by atoms with Crippen LogP contribution in [0.4, 0.5) is 0 Å². The molecule has 128 valence electrons. The van der Waals surface area contributed by atoms with Crippen LogP contribution in [0.15, 0.2) is 72.8 Å². The predicted molar refractivity (Wildman–Crippen MR) is 110 cm³/mol. The third-order valence-corrected chi connectivity index (χ3v) is 4.64. The Labute approximate surface area is 153 Å². The fraction of sp³-hybridized carbons (Fsp3) is 0.0833. The number of hydrogen-bond acceptors (Lipinski definition) is 2. The largest absolute Gasteiger partial charge is 0.496 e. The van der Waals surface area contributed by atoms with Gasteiger partial charge >= 0.3 is 0 Å². The standard InChI is InChI=1S/C24H20O2/c1-25-23-7-3-5-19-13-11-17(15-21(19)23)9-10-18-12-14-20-6-4-8-24(26-2)22(20)16-18/h3-16H,1-2H3/b10-9-. The Morgan fingerprint density at radius 1 is 0.577 bits per heavy atom. The third-order valence-electron chi connectivity index (χ3n) is 4.64. The minimum atomic E-state index is 0.896. The summed E-state index contributed by atoms with van der Waals surface area (Å²) in [5.74, 6) is 1.79. The van der Waals surface area contributed by atoms with E-state index in [9.17, 15) is 0 Å². The maximum atomic E-state index is 5.48. The summed E-state index contributed by atoms with van der Waals surface area (Å²) in [6.45, 7) is 0. The first kappa shape index (κ1) is 16.2. The van der Waals surface area contributed by atoms with E-state index in [1.165, 1.54) is 10.8 Å². The zero-order chi connectivity index (χ0) is 17.9. The van der Waals surface area contributed by atoms with Gasteiger partial charge < -0.3 is 9.47 Å². The zero-order valence-electron chi connectivity index (χ0n) is 14.9. The summed E-state index contributed by atoms with van der Waals surface area (Å²) in [4.78, 5) is 0. The number of rotatable bonds is 4. The van der Waals surface area contributed by atoms with Gasteiger partial charge in [-0.15, -0.1) is 0 Å². The Bertz CT molecular complexity index is 1020. The van der Waals surface area contributed by atoms with Crippen LogP contribution in [0.25, 0.3) is 33.7 Å². The van der Waals surface area contributed by atoms with Crippen molar-refractivity contribution in [3.8, 4) is 11.5 Å². The first-order valence-corrected chi connectivity index (χ1v) is 8.60. The third kappa shape index (κ3) is 3.02. The highest BCUT2D eigenvalue weighted by molar-refractivity contribution is 5.92. The second kappa shape index (κ2) is 6.93. The van der Waals surface area contributed by atoms with Gasteiger partial charge in [0.05, 0.1) is 14.2 Å². The van der Waals surface area contributed by atoms with Crippen molar-refractivity contribution >= 4 is 33.7 Å². The predicted octanol–water partition coefficient (Wildman–Crippen LogP) is 6.18. The van der Waals surface area contributed by atoms with Gasteiger partial charge in [0.2, 0.25) is 0 Å². The summed E-state index contributed by atoms with van der Waals surface area (Å²) in [7, 11) is 3.42. The molecule has 0 aliphatic rings. The molecule has 0 N–H and O–H groups in total. The normalized spacial score (nSPS) is 11.3. The SMILES string of the molecule is COc1cccc2ccc(/C=C\c3ccc4cccc(OC)c4c3)cc12. The summed E-state index contributed by atoms with van der Waals surface area (Å²) >= 11 is 0. The fourth-order valence-corrected chi connectivity index (χ4v) is 3.28. The van der Waals surface area contributed by atoms with E-state index in [4.69, 9.17) is 9.47 Å². The van der Waals surface area contributed by atoms with Crippen molar-refractivity contribution in [2.45, 2.75) is 0 Å². The molecule has 0 heterocycles. The van der Waals surface area contributed by atoms with Crippen LogP contribution >= 0.6 is 0 Å². The molecular weight excluding hydrogens is 320 g/mol. The molecule has 0 aromatic heterocycles. The maximum Gasteiger partial charge on any atom is 0.126 e. The molecule has 0 aliphatic carbocycles. The highest BCUT2D eigenvalue weighted by atomic mass is 16.5. The summed E-state index contributed by atoms with van der Waals surface area (Å²) in [5, 5.41) is 4.60. The Morgan fingerprint density at radius 3 is 1.46 bits per heavy atom. The quantitative estimate of drug-likeness (QED) is 0.413. The van der Waals surface area contributed by atoms with E-state index in [2.05, 4.69) is 60.7 Å².